The van der Waals surface area contributed by atoms with Crippen LogP contribution in [0.5, 0.6) is 0 Å². The summed E-state index contributed by atoms with van der Waals surface area (Å²) in [6, 6.07) is 3.97. The monoisotopic (exact) mass is 268 g/mol. The predicted octanol–water partition coefficient (Wildman–Crippen LogP) is 2.15. The van der Waals surface area contributed by atoms with E-state index in [2.05, 4.69) is 32.0 Å². The Bertz CT molecular complexity index is 372. The molecule has 80 valence electrons. The maximum absolute atomic E-state index is 8.50. The van der Waals surface area contributed by atoms with Crippen molar-refractivity contribution in [1.29, 1.82) is 5.26 Å². The first kappa shape index (κ1) is 11.9. The number of nitriles is 1. The van der Waals surface area contributed by atoms with E-state index in [0.717, 1.165) is 22.7 Å². The molecular formula is C10H13BrN4. The third kappa shape index (κ3) is 3.48. The van der Waals surface area contributed by atoms with Crippen molar-refractivity contribution in [2.45, 2.75) is 19.8 Å². The molecule has 0 N–H and O–H groups in total. The Morgan fingerprint density at radius 1 is 1.53 bits per heavy atom. The summed E-state index contributed by atoms with van der Waals surface area (Å²) in [6.45, 7) is 2.70. The van der Waals surface area contributed by atoms with Crippen LogP contribution in [0.2, 0.25) is 0 Å². The van der Waals surface area contributed by atoms with Crippen LogP contribution in [0.15, 0.2) is 10.7 Å². The molecule has 0 amide bonds. The van der Waals surface area contributed by atoms with Gasteiger partial charge in [0.25, 0.3) is 0 Å². The largest absolute Gasteiger partial charge is 0.359 e. The van der Waals surface area contributed by atoms with Crippen LogP contribution in [0.4, 0.5) is 5.82 Å². The van der Waals surface area contributed by atoms with Crippen LogP contribution < -0.4 is 4.90 Å². The number of hydrogen-bond donors (Lipinski definition) is 0. The summed E-state index contributed by atoms with van der Waals surface area (Å²) in [7, 11) is 1.92. The highest BCUT2D eigenvalue weighted by Gasteiger charge is 2.05. The van der Waals surface area contributed by atoms with Gasteiger partial charge in [-0.15, -0.1) is 0 Å². The smallest absolute Gasteiger partial charge is 0.133 e. The Kier molecular flexibility index (Phi) is 4.50. The van der Waals surface area contributed by atoms with E-state index in [9.17, 15) is 0 Å². The van der Waals surface area contributed by atoms with Crippen LogP contribution in [0.3, 0.4) is 0 Å². The molecule has 0 fully saturated rings. The average Bonchev–Trinajstić information content (AvgIpc) is 2.24. The van der Waals surface area contributed by atoms with Gasteiger partial charge in [0.15, 0.2) is 0 Å². The molecule has 0 unspecified atom stereocenters. The third-order valence-corrected chi connectivity index (χ3v) is 2.40. The van der Waals surface area contributed by atoms with E-state index in [0.29, 0.717) is 13.0 Å². The number of aromatic nitrogens is 2. The number of rotatable bonds is 4. The van der Waals surface area contributed by atoms with Crippen LogP contribution in [-0.4, -0.2) is 23.6 Å². The molecule has 4 nitrogen and oxygen atoms in total. The van der Waals surface area contributed by atoms with Crippen molar-refractivity contribution in [2.24, 2.45) is 0 Å². The molecule has 15 heavy (non-hydrogen) atoms. The normalized spacial score (nSPS) is 9.73. The van der Waals surface area contributed by atoms with Crippen molar-refractivity contribution >= 4 is 21.7 Å². The van der Waals surface area contributed by atoms with E-state index in [1.807, 2.05) is 24.9 Å². The molecule has 1 heterocycles. The summed E-state index contributed by atoms with van der Waals surface area (Å²) in [5.74, 6) is 1.66. The minimum atomic E-state index is 0.500. The number of nitrogens with zero attached hydrogens (tertiary/aromatic N) is 4. The Hall–Kier alpha value is -1.15. The van der Waals surface area contributed by atoms with E-state index in [4.69, 9.17) is 5.26 Å². The van der Waals surface area contributed by atoms with Gasteiger partial charge in [-0.2, -0.15) is 5.26 Å². The van der Waals surface area contributed by atoms with E-state index in [1.54, 1.807) is 0 Å². The van der Waals surface area contributed by atoms with Gasteiger partial charge in [0.2, 0.25) is 0 Å². The highest BCUT2D eigenvalue weighted by Crippen LogP contribution is 2.15. The van der Waals surface area contributed by atoms with Crippen molar-refractivity contribution in [2.75, 3.05) is 18.5 Å². The lowest BCUT2D eigenvalue weighted by molar-refractivity contribution is 0.848. The predicted molar refractivity (Wildman–Crippen MR) is 62.6 cm³/mol. The Morgan fingerprint density at radius 2 is 2.27 bits per heavy atom. The van der Waals surface area contributed by atoms with Gasteiger partial charge in [0, 0.05) is 26.1 Å². The molecule has 0 aliphatic rings. The third-order valence-electron chi connectivity index (χ3n) is 1.99. The van der Waals surface area contributed by atoms with Crippen molar-refractivity contribution in [1.82, 2.24) is 9.97 Å². The maximum Gasteiger partial charge on any atom is 0.133 e. The maximum atomic E-state index is 8.50. The average molecular weight is 269 g/mol. The van der Waals surface area contributed by atoms with Gasteiger partial charge in [0.05, 0.1) is 12.5 Å². The fourth-order valence-electron chi connectivity index (χ4n) is 1.14. The van der Waals surface area contributed by atoms with Gasteiger partial charge < -0.3 is 4.90 Å². The minimum absolute atomic E-state index is 0.500. The van der Waals surface area contributed by atoms with Crippen molar-refractivity contribution in [3.05, 3.63) is 16.5 Å². The second-order valence-electron chi connectivity index (χ2n) is 3.15. The summed E-state index contributed by atoms with van der Waals surface area (Å²) in [5.41, 5.74) is 0. The highest BCUT2D eigenvalue weighted by molar-refractivity contribution is 9.10. The fourth-order valence-corrected chi connectivity index (χ4v) is 1.55. The first-order valence-electron chi connectivity index (χ1n) is 4.79. The fraction of sp³-hybridized carbons (Fsp3) is 0.500. The van der Waals surface area contributed by atoms with Crippen LogP contribution in [0, 0.1) is 11.3 Å². The number of aryl methyl sites for hydroxylation is 1. The lowest BCUT2D eigenvalue weighted by atomic mass is 10.4. The molecule has 1 aromatic rings. The molecule has 0 bridgehead atoms. The molecule has 0 atom stereocenters. The lowest BCUT2D eigenvalue weighted by Crippen LogP contribution is -2.20. The number of hydrogen-bond acceptors (Lipinski definition) is 4. The van der Waals surface area contributed by atoms with E-state index in [1.165, 1.54) is 0 Å². The quantitative estimate of drug-likeness (QED) is 0.786. The second kappa shape index (κ2) is 5.66. The van der Waals surface area contributed by atoms with E-state index >= 15 is 0 Å². The van der Waals surface area contributed by atoms with Crippen LogP contribution in [0.1, 0.15) is 19.2 Å². The molecule has 0 saturated heterocycles. The van der Waals surface area contributed by atoms with Crippen LogP contribution in [-0.2, 0) is 6.42 Å². The molecule has 1 aromatic heterocycles. The Balaban J connectivity index is 2.84. The molecule has 0 saturated carbocycles. The molecule has 0 aliphatic heterocycles. The molecule has 0 spiro atoms. The van der Waals surface area contributed by atoms with Gasteiger partial charge in [-0.3, -0.25) is 0 Å². The number of anilines is 1. The van der Waals surface area contributed by atoms with Crippen molar-refractivity contribution in [3.63, 3.8) is 0 Å². The topological polar surface area (TPSA) is 52.8 Å². The summed E-state index contributed by atoms with van der Waals surface area (Å²) in [6.07, 6.45) is 1.30. The first-order chi connectivity index (χ1) is 7.17. The van der Waals surface area contributed by atoms with Crippen LogP contribution >= 0.6 is 15.9 Å². The molecule has 0 aliphatic carbocycles. The molecule has 1 rings (SSSR count). The van der Waals surface area contributed by atoms with Gasteiger partial charge in [-0.25, -0.2) is 9.97 Å². The van der Waals surface area contributed by atoms with Gasteiger partial charge in [-0.05, 0) is 15.9 Å². The zero-order chi connectivity index (χ0) is 11.3. The molecule has 0 radical (unpaired) electrons. The van der Waals surface area contributed by atoms with Gasteiger partial charge in [0.1, 0.15) is 16.2 Å². The standard InChI is InChI=1S/C10H13BrN4/c1-3-9-13-8(11)7-10(14-9)15(2)6-4-5-12/h7H,3-4,6H2,1-2H3. The highest BCUT2D eigenvalue weighted by atomic mass is 79.9. The van der Waals surface area contributed by atoms with Gasteiger partial charge >= 0.3 is 0 Å². The molecular weight excluding hydrogens is 256 g/mol. The van der Waals surface area contributed by atoms with E-state index < -0.39 is 0 Å². The Labute approximate surface area is 98.1 Å². The van der Waals surface area contributed by atoms with E-state index in [-0.39, 0.29) is 0 Å². The first-order valence-corrected chi connectivity index (χ1v) is 5.58. The summed E-state index contributed by atoms with van der Waals surface area (Å²) >= 11 is 3.35. The Morgan fingerprint density at radius 3 is 2.87 bits per heavy atom. The van der Waals surface area contributed by atoms with Gasteiger partial charge in [-0.1, -0.05) is 6.92 Å². The summed E-state index contributed by atoms with van der Waals surface area (Å²) < 4.78 is 0.785. The molecule has 5 heteroatoms. The summed E-state index contributed by atoms with van der Waals surface area (Å²) in [5, 5.41) is 8.50. The minimum Gasteiger partial charge on any atom is -0.359 e. The number of halogens is 1. The second-order valence-corrected chi connectivity index (χ2v) is 3.96. The zero-order valence-electron chi connectivity index (χ0n) is 8.87. The van der Waals surface area contributed by atoms with Crippen molar-refractivity contribution in [3.8, 4) is 6.07 Å². The molecule has 0 aromatic carbocycles. The summed E-state index contributed by atoms with van der Waals surface area (Å²) in [4.78, 5) is 10.6. The SMILES string of the molecule is CCc1nc(Br)cc(N(C)CCC#N)n1. The lowest BCUT2D eigenvalue weighted by Gasteiger charge is -2.17. The van der Waals surface area contributed by atoms with Crippen LogP contribution in [0.25, 0.3) is 0 Å². The van der Waals surface area contributed by atoms with Crippen molar-refractivity contribution < 1.29 is 0 Å². The zero-order valence-corrected chi connectivity index (χ0v) is 10.5.